The Balaban J connectivity index is 1.68. The van der Waals surface area contributed by atoms with Crippen molar-refractivity contribution in [3.05, 3.63) is 84.4 Å². The predicted molar refractivity (Wildman–Crippen MR) is 155 cm³/mol. The molecule has 1 heterocycles. The number of rotatable bonds is 9. The standard InChI is InChI=1S/C29H35N3O7S2/c1-21-18-32(22(2)20-33)29(34)17-23-16-24(30-40(35,36)25-10-6-4-7-11-25)14-15-27(23)39-28(21)19-31(3)41(37,38)26-12-8-5-9-13-26/h4-16,21-22,28,30,33H,17-20H2,1-3H3/t21-,22-,28-/m1/s1. The summed E-state index contributed by atoms with van der Waals surface area (Å²) in [5.41, 5.74) is 0.685. The first-order valence-corrected chi connectivity index (χ1v) is 16.1. The summed E-state index contributed by atoms with van der Waals surface area (Å²) in [6.07, 6.45) is -0.763. The number of sulfonamides is 2. The molecule has 0 saturated carbocycles. The fourth-order valence-corrected chi connectivity index (χ4v) is 6.92. The first-order valence-electron chi connectivity index (χ1n) is 13.2. The number of aliphatic hydroxyl groups excluding tert-OH is 1. The second-order valence-electron chi connectivity index (χ2n) is 10.2. The lowest BCUT2D eigenvalue weighted by Crippen LogP contribution is -2.48. The maximum atomic E-state index is 13.4. The lowest BCUT2D eigenvalue weighted by atomic mass is 10.0. The molecule has 0 fully saturated rings. The van der Waals surface area contributed by atoms with Gasteiger partial charge in [-0.3, -0.25) is 9.52 Å². The van der Waals surface area contributed by atoms with Gasteiger partial charge >= 0.3 is 0 Å². The van der Waals surface area contributed by atoms with Crippen LogP contribution in [-0.4, -0.2) is 75.9 Å². The van der Waals surface area contributed by atoms with Gasteiger partial charge in [-0.05, 0) is 49.4 Å². The predicted octanol–water partition coefficient (Wildman–Crippen LogP) is 2.96. The third-order valence-corrected chi connectivity index (χ3v) is 10.3. The van der Waals surface area contributed by atoms with Gasteiger partial charge in [-0.15, -0.1) is 0 Å². The molecule has 0 radical (unpaired) electrons. The van der Waals surface area contributed by atoms with Crippen LogP contribution in [0.2, 0.25) is 0 Å². The maximum Gasteiger partial charge on any atom is 0.261 e. The van der Waals surface area contributed by atoms with E-state index >= 15 is 0 Å². The maximum absolute atomic E-state index is 13.4. The summed E-state index contributed by atoms with van der Waals surface area (Å²) in [7, 11) is -6.21. The monoisotopic (exact) mass is 601 g/mol. The van der Waals surface area contributed by atoms with Crippen molar-refractivity contribution in [1.82, 2.24) is 9.21 Å². The smallest absolute Gasteiger partial charge is 0.261 e. The highest BCUT2D eigenvalue weighted by Gasteiger charge is 2.33. The largest absolute Gasteiger partial charge is 0.488 e. The van der Waals surface area contributed by atoms with Gasteiger partial charge in [0.2, 0.25) is 15.9 Å². The van der Waals surface area contributed by atoms with Crippen molar-refractivity contribution in [3.8, 4) is 5.75 Å². The number of fused-ring (bicyclic) bond motifs is 1. The Kier molecular flexibility index (Phi) is 9.37. The number of carbonyl (C=O) groups excluding carboxylic acids is 1. The number of hydrogen-bond acceptors (Lipinski definition) is 7. The Morgan fingerprint density at radius 3 is 2.22 bits per heavy atom. The molecule has 12 heteroatoms. The van der Waals surface area contributed by atoms with Crippen LogP contribution in [0.3, 0.4) is 0 Å². The van der Waals surface area contributed by atoms with Crippen LogP contribution in [0, 0.1) is 5.92 Å². The topological polar surface area (TPSA) is 133 Å². The summed E-state index contributed by atoms with van der Waals surface area (Å²) in [4.78, 5) is 15.2. The summed E-state index contributed by atoms with van der Waals surface area (Å²) < 4.78 is 62.5. The number of carbonyl (C=O) groups is 1. The van der Waals surface area contributed by atoms with E-state index in [2.05, 4.69) is 4.72 Å². The highest BCUT2D eigenvalue weighted by molar-refractivity contribution is 7.92. The highest BCUT2D eigenvalue weighted by Crippen LogP contribution is 2.30. The highest BCUT2D eigenvalue weighted by atomic mass is 32.2. The molecule has 1 aliphatic heterocycles. The molecule has 1 aliphatic rings. The Labute approximate surface area is 241 Å². The van der Waals surface area contributed by atoms with E-state index in [1.54, 1.807) is 66.4 Å². The van der Waals surface area contributed by atoms with Gasteiger partial charge < -0.3 is 14.7 Å². The number of hydrogen-bond donors (Lipinski definition) is 2. The molecule has 3 atom stereocenters. The van der Waals surface area contributed by atoms with Gasteiger partial charge in [0.1, 0.15) is 11.9 Å². The van der Waals surface area contributed by atoms with Crippen molar-refractivity contribution in [2.75, 3.05) is 31.5 Å². The fraction of sp³-hybridized carbons (Fsp3) is 0.345. The summed E-state index contributed by atoms with van der Waals surface area (Å²) in [6.45, 7) is 3.57. The number of likely N-dealkylation sites (N-methyl/N-ethyl adjacent to an activating group) is 1. The Bertz CT molecular complexity index is 1570. The van der Waals surface area contributed by atoms with Crippen molar-refractivity contribution >= 4 is 31.6 Å². The molecule has 0 spiro atoms. The summed E-state index contributed by atoms with van der Waals surface area (Å²) in [6, 6.07) is 20.2. The molecule has 0 bridgehead atoms. The molecule has 0 aromatic heterocycles. The van der Waals surface area contributed by atoms with Gasteiger partial charge in [0, 0.05) is 30.8 Å². The van der Waals surface area contributed by atoms with Gasteiger partial charge in [0.05, 0.1) is 35.4 Å². The van der Waals surface area contributed by atoms with Crippen LogP contribution < -0.4 is 9.46 Å². The number of amides is 1. The van der Waals surface area contributed by atoms with Crippen molar-refractivity contribution in [3.63, 3.8) is 0 Å². The molecule has 0 saturated heterocycles. The van der Waals surface area contributed by atoms with Crippen molar-refractivity contribution in [2.24, 2.45) is 5.92 Å². The van der Waals surface area contributed by atoms with E-state index in [0.29, 0.717) is 11.3 Å². The molecule has 0 unspecified atom stereocenters. The lowest BCUT2D eigenvalue weighted by molar-refractivity contribution is -0.134. The molecule has 220 valence electrons. The number of nitrogens with zero attached hydrogens (tertiary/aromatic N) is 2. The zero-order chi connectivity index (χ0) is 29.8. The van der Waals surface area contributed by atoms with Crippen LogP contribution in [0.4, 0.5) is 5.69 Å². The van der Waals surface area contributed by atoms with Gasteiger partial charge in [-0.25, -0.2) is 16.8 Å². The molecule has 41 heavy (non-hydrogen) atoms. The second-order valence-corrected chi connectivity index (χ2v) is 14.0. The minimum atomic E-state index is -3.88. The molecule has 2 N–H and O–H groups in total. The van der Waals surface area contributed by atoms with E-state index in [4.69, 9.17) is 4.74 Å². The minimum Gasteiger partial charge on any atom is -0.488 e. The van der Waals surface area contributed by atoms with E-state index in [1.165, 1.54) is 35.6 Å². The van der Waals surface area contributed by atoms with E-state index < -0.39 is 32.2 Å². The van der Waals surface area contributed by atoms with Crippen LogP contribution in [0.5, 0.6) is 5.75 Å². The third-order valence-electron chi connectivity index (χ3n) is 7.11. The van der Waals surface area contributed by atoms with E-state index in [-0.39, 0.29) is 53.4 Å². The van der Waals surface area contributed by atoms with Crippen LogP contribution in [0.15, 0.2) is 88.7 Å². The molecule has 1 amide bonds. The van der Waals surface area contributed by atoms with Gasteiger partial charge in [-0.1, -0.05) is 43.3 Å². The fourth-order valence-electron chi connectivity index (χ4n) is 4.65. The second kappa shape index (κ2) is 12.6. The lowest BCUT2D eigenvalue weighted by Gasteiger charge is -2.33. The SMILES string of the molecule is C[C@@H]1CN([C@H](C)CO)C(=O)Cc2cc(NS(=O)(=O)c3ccccc3)ccc2O[C@@H]1CN(C)S(=O)(=O)c1ccccc1. The zero-order valence-corrected chi connectivity index (χ0v) is 24.8. The van der Waals surface area contributed by atoms with Gasteiger partial charge in [-0.2, -0.15) is 4.31 Å². The van der Waals surface area contributed by atoms with Crippen molar-refractivity contribution in [2.45, 2.75) is 42.2 Å². The van der Waals surface area contributed by atoms with Gasteiger partial charge in [0.15, 0.2) is 0 Å². The molecule has 0 aliphatic carbocycles. The Morgan fingerprint density at radius 1 is 1.00 bits per heavy atom. The number of anilines is 1. The molecular formula is C29H35N3O7S2. The van der Waals surface area contributed by atoms with Crippen molar-refractivity contribution in [1.29, 1.82) is 0 Å². The average molecular weight is 602 g/mol. The Morgan fingerprint density at radius 2 is 1.61 bits per heavy atom. The summed E-state index contributed by atoms with van der Waals surface area (Å²) >= 11 is 0. The number of nitrogens with one attached hydrogen (secondary N) is 1. The molecule has 4 rings (SSSR count). The first kappa shape index (κ1) is 30.5. The van der Waals surface area contributed by atoms with E-state index in [9.17, 15) is 26.7 Å². The van der Waals surface area contributed by atoms with E-state index in [1.807, 2.05) is 6.92 Å². The molecular weight excluding hydrogens is 566 g/mol. The third kappa shape index (κ3) is 7.07. The number of ether oxygens (including phenoxy) is 1. The molecule has 3 aromatic carbocycles. The summed E-state index contributed by atoms with van der Waals surface area (Å²) in [5, 5.41) is 9.85. The quantitative estimate of drug-likeness (QED) is 0.385. The normalized spacial score (nSPS) is 19.0. The van der Waals surface area contributed by atoms with Crippen LogP contribution in [0.1, 0.15) is 19.4 Å². The van der Waals surface area contributed by atoms with Crippen LogP contribution in [-0.2, 0) is 31.3 Å². The molecule has 3 aromatic rings. The zero-order valence-electron chi connectivity index (χ0n) is 23.2. The molecule has 10 nitrogen and oxygen atoms in total. The van der Waals surface area contributed by atoms with Gasteiger partial charge in [0.25, 0.3) is 10.0 Å². The van der Waals surface area contributed by atoms with Crippen molar-refractivity contribution < 1.29 is 31.5 Å². The minimum absolute atomic E-state index is 0.00421. The van der Waals surface area contributed by atoms with Crippen LogP contribution >= 0.6 is 0 Å². The number of aliphatic hydroxyl groups is 1. The first-order chi connectivity index (χ1) is 19.4. The van der Waals surface area contributed by atoms with Crippen LogP contribution in [0.25, 0.3) is 0 Å². The summed E-state index contributed by atoms with van der Waals surface area (Å²) in [5.74, 6) is -0.234. The average Bonchev–Trinajstić information content (AvgIpc) is 3.00. The van der Waals surface area contributed by atoms with E-state index in [0.717, 1.165) is 0 Å². The number of benzene rings is 3. The Hall–Kier alpha value is -3.45.